The van der Waals surface area contributed by atoms with E-state index in [1.165, 1.54) is 17.1 Å². The lowest BCUT2D eigenvalue weighted by molar-refractivity contribution is 0.0996. The van der Waals surface area contributed by atoms with Crippen LogP contribution in [0.5, 0.6) is 0 Å². The van der Waals surface area contributed by atoms with Crippen LogP contribution in [-0.2, 0) is 0 Å². The SMILES string of the molecule is Cc1cc(NC(=O)c2cc(=O)c3ccccc3o2)n(-c2ncnc3c2cnn3-c2cccc(C)c2C)n1. The molecule has 0 saturated carbocycles. The van der Waals surface area contributed by atoms with Gasteiger partial charge in [-0.1, -0.05) is 24.3 Å². The Kier molecular flexibility index (Phi) is 5.15. The first-order valence-corrected chi connectivity index (χ1v) is 11.6. The lowest BCUT2D eigenvalue weighted by Crippen LogP contribution is -2.17. The minimum absolute atomic E-state index is 0.107. The number of para-hydroxylation sites is 1. The quantitative estimate of drug-likeness (QED) is 0.391. The van der Waals surface area contributed by atoms with Crippen molar-refractivity contribution in [2.24, 2.45) is 0 Å². The molecule has 6 aromatic rings. The van der Waals surface area contributed by atoms with Crippen molar-refractivity contribution in [1.29, 1.82) is 0 Å². The molecular formula is C27H21N7O3. The first kappa shape index (κ1) is 22.4. The van der Waals surface area contributed by atoms with Gasteiger partial charge in [-0.2, -0.15) is 14.9 Å². The Morgan fingerprint density at radius 2 is 1.78 bits per heavy atom. The van der Waals surface area contributed by atoms with Gasteiger partial charge in [0.15, 0.2) is 22.7 Å². The Labute approximate surface area is 210 Å². The molecule has 182 valence electrons. The summed E-state index contributed by atoms with van der Waals surface area (Å²) in [5.74, 6) is 0.118. The highest BCUT2D eigenvalue weighted by Gasteiger charge is 2.20. The van der Waals surface area contributed by atoms with Gasteiger partial charge < -0.3 is 9.73 Å². The number of hydrogen-bond donors (Lipinski definition) is 1. The number of amides is 1. The summed E-state index contributed by atoms with van der Waals surface area (Å²) in [7, 11) is 0. The summed E-state index contributed by atoms with van der Waals surface area (Å²) in [6.07, 6.45) is 3.11. The summed E-state index contributed by atoms with van der Waals surface area (Å²) < 4.78 is 8.98. The van der Waals surface area contributed by atoms with Crippen LogP contribution in [-0.4, -0.2) is 35.4 Å². The zero-order valence-electron chi connectivity index (χ0n) is 20.3. The number of benzene rings is 2. The van der Waals surface area contributed by atoms with E-state index in [0.29, 0.717) is 39.3 Å². The molecule has 1 N–H and O–H groups in total. The van der Waals surface area contributed by atoms with Crippen molar-refractivity contribution in [1.82, 2.24) is 29.5 Å². The fraction of sp³-hybridized carbons (Fsp3) is 0.111. The molecule has 2 aromatic carbocycles. The van der Waals surface area contributed by atoms with E-state index in [4.69, 9.17) is 4.42 Å². The Morgan fingerprint density at radius 1 is 0.946 bits per heavy atom. The predicted molar refractivity (Wildman–Crippen MR) is 138 cm³/mol. The minimum atomic E-state index is -0.583. The molecule has 10 heteroatoms. The topological polar surface area (TPSA) is 121 Å². The Balaban J connectivity index is 1.42. The van der Waals surface area contributed by atoms with E-state index in [9.17, 15) is 9.59 Å². The number of aryl methyl sites for hydroxylation is 2. The zero-order chi connectivity index (χ0) is 25.7. The molecule has 0 radical (unpaired) electrons. The van der Waals surface area contributed by atoms with Crippen LogP contribution in [0.1, 0.15) is 27.4 Å². The fourth-order valence-electron chi connectivity index (χ4n) is 4.29. The maximum atomic E-state index is 13.1. The van der Waals surface area contributed by atoms with Gasteiger partial charge in [0.25, 0.3) is 5.91 Å². The number of hydrogen-bond acceptors (Lipinski definition) is 7. The second kappa shape index (κ2) is 8.52. The van der Waals surface area contributed by atoms with E-state index in [1.54, 1.807) is 48.1 Å². The lowest BCUT2D eigenvalue weighted by atomic mass is 10.1. The van der Waals surface area contributed by atoms with Gasteiger partial charge in [-0.15, -0.1) is 0 Å². The summed E-state index contributed by atoms with van der Waals surface area (Å²) in [5.41, 5.74) is 4.44. The van der Waals surface area contributed by atoms with E-state index >= 15 is 0 Å². The van der Waals surface area contributed by atoms with Gasteiger partial charge >= 0.3 is 0 Å². The molecule has 0 aliphatic heterocycles. The molecular weight excluding hydrogens is 470 g/mol. The molecule has 37 heavy (non-hydrogen) atoms. The standard InChI is InChI=1S/C27H21N7O3/c1-15-7-6-9-20(17(15)3)33-25-19(13-30-33)26(29-14-28-25)34-24(11-16(2)32-34)31-27(36)23-12-21(35)18-8-4-5-10-22(18)37-23/h4-14H,1-3H3,(H,31,36). The van der Waals surface area contributed by atoms with Gasteiger partial charge in [-0.3, -0.25) is 9.59 Å². The summed E-state index contributed by atoms with van der Waals surface area (Å²) >= 11 is 0. The Hall–Kier alpha value is -5.12. The molecule has 4 aromatic heterocycles. The second-order valence-corrected chi connectivity index (χ2v) is 8.72. The molecule has 0 aliphatic rings. The Morgan fingerprint density at radius 3 is 2.65 bits per heavy atom. The molecule has 0 aliphatic carbocycles. The summed E-state index contributed by atoms with van der Waals surface area (Å²) in [6, 6.07) is 15.7. The largest absolute Gasteiger partial charge is 0.451 e. The van der Waals surface area contributed by atoms with Crippen LogP contribution < -0.4 is 10.7 Å². The van der Waals surface area contributed by atoms with Crippen molar-refractivity contribution < 1.29 is 9.21 Å². The van der Waals surface area contributed by atoms with E-state index in [1.807, 2.05) is 32.0 Å². The third-order valence-corrected chi connectivity index (χ3v) is 6.28. The normalized spacial score (nSPS) is 11.3. The smallest absolute Gasteiger partial charge is 0.292 e. The Bertz CT molecular complexity index is 1900. The summed E-state index contributed by atoms with van der Waals surface area (Å²) in [4.78, 5) is 34.5. The zero-order valence-corrected chi connectivity index (χ0v) is 20.3. The van der Waals surface area contributed by atoms with Gasteiger partial charge in [-0.25, -0.2) is 14.6 Å². The molecule has 10 nitrogen and oxygen atoms in total. The van der Waals surface area contributed by atoms with Crippen LogP contribution in [0.3, 0.4) is 0 Å². The van der Waals surface area contributed by atoms with Crippen molar-refractivity contribution in [2.45, 2.75) is 20.8 Å². The molecule has 0 spiro atoms. The molecule has 0 bridgehead atoms. The predicted octanol–water partition coefficient (Wildman–Crippen LogP) is 4.29. The fourth-order valence-corrected chi connectivity index (χ4v) is 4.29. The third-order valence-electron chi connectivity index (χ3n) is 6.28. The van der Waals surface area contributed by atoms with E-state index in [2.05, 4.69) is 25.5 Å². The van der Waals surface area contributed by atoms with Crippen LogP contribution in [0.2, 0.25) is 0 Å². The van der Waals surface area contributed by atoms with Crippen LogP contribution >= 0.6 is 0 Å². The maximum absolute atomic E-state index is 13.1. The number of aromatic nitrogens is 6. The summed E-state index contributed by atoms with van der Waals surface area (Å²) in [5, 5.41) is 13.0. The number of carbonyl (C=O) groups excluding carboxylic acids is 1. The highest BCUT2D eigenvalue weighted by Crippen LogP contribution is 2.26. The number of rotatable bonds is 4. The van der Waals surface area contributed by atoms with Gasteiger partial charge in [0, 0.05) is 12.1 Å². The molecule has 0 fully saturated rings. The van der Waals surface area contributed by atoms with Crippen molar-refractivity contribution >= 4 is 33.7 Å². The molecule has 0 atom stereocenters. The van der Waals surface area contributed by atoms with E-state index in [-0.39, 0.29) is 11.2 Å². The molecule has 0 saturated heterocycles. The van der Waals surface area contributed by atoms with Crippen molar-refractivity contribution in [2.75, 3.05) is 5.32 Å². The number of fused-ring (bicyclic) bond motifs is 2. The van der Waals surface area contributed by atoms with E-state index < -0.39 is 5.91 Å². The van der Waals surface area contributed by atoms with Gasteiger partial charge in [0.05, 0.1) is 28.4 Å². The highest BCUT2D eigenvalue weighted by molar-refractivity contribution is 6.02. The molecule has 4 heterocycles. The average molecular weight is 492 g/mol. The number of anilines is 1. The van der Waals surface area contributed by atoms with Gasteiger partial charge in [0.1, 0.15) is 17.7 Å². The number of nitrogens with one attached hydrogen (secondary N) is 1. The molecule has 0 unspecified atom stereocenters. The monoisotopic (exact) mass is 491 g/mol. The van der Waals surface area contributed by atoms with Crippen LogP contribution in [0.25, 0.3) is 33.5 Å². The van der Waals surface area contributed by atoms with Crippen molar-refractivity contribution in [3.63, 3.8) is 0 Å². The minimum Gasteiger partial charge on any atom is -0.451 e. The second-order valence-electron chi connectivity index (χ2n) is 8.72. The number of nitrogens with zero attached hydrogens (tertiary/aromatic N) is 6. The van der Waals surface area contributed by atoms with Crippen LogP contribution in [0.15, 0.2) is 76.3 Å². The summed E-state index contributed by atoms with van der Waals surface area (Å²) in [6.45, 7) is 5.89. The first-order valence-electron chi connectivity index (χ1n) is 11.6. The van der Waals surface area contributed by atoms with Crippen molar-refractivity contribution in [3.05, 3.63) is 99.9 Å². The molecule has 1 amide bonds. The number of carbonyl (C=O) groups is 1. The third kappa shape index (κ3) is 3.75. The first-order chi connectivity index (χ1) is 17.9. The van der Waals surface area contributed by atoms with E-state index in [0.717, 1.165) is 16.8 Å². The average Bonchev–Trinajstić information content (AvgIpc) is 3.48. The van der Waals surface area contributed by atoms with Crippen molar-refractivity contribution in [3.8, 4) is 11.5 Å². The van der Waals surface area contributed by atoms with Crippen LogP contribution in [0, 0.1) is 20.8 Å². The van der Waals surface area contributed by atoms with Gasteiger partial charge in [-0.05, 0) is 50.1 Å². The molecule has 6 rings (SSSR count). The highest BCUT2D eigenvalue weighted by atomic mass is 16.3. The van der Waals surface area contributed by atoms with Crippen LogP contribution in [0.4, 0.5) is 5.82 Å². The maximum Gasteiger partial charge on any atom is 0.292 e. The lowest BCUT2D eigenvalue weighted by Gasteiger charge is -2.10. The van der Waals surface area contributed by atoms with Gasteiger partial charge in [0.2, 0.25) is 0 Å².